The maximum absolute atomic E-state index is 15.3. The molecule has 122 valence electrons. The van der Waals surface area contributed by atoms with E-state index in [1.165, 1.54) is 6.33 Å². The molecule has 0 bridgehead atoms. The molecule has 0 radical (unpaired) electrons. The second-order valence-electron chi connectivity index (χ2n) is 5.94. The molecule has 24 heavy (non-hydrogen) atoms. The SMILES string of the molecule is Cc1cc(N2CCC(F)(c3nc(-c4ccccc4)no3)C2)ncn1. The molecule has 4 rings (SSSR count). The van der Waals surface area contributed by atoms with Crippen molar-refractivity contribution < 1.29 is 8.91 Å². The van der Waals surface area contributed by atoms with Crippen molar-refractivity contribution in [2.75, 3.05) is 18.0 Å². The Balaban J connectivity index is 1.58. The van der Waals surface area contributed by atoms with E-state index in [0.29, 0.717) is 18.2 Å². The summed E-state index contributed by atoms with van der Waals surface area (Å²) in [5.74, 6) is 1.14. The van der Waals surface area contributed by atoms with Gasteiger partial charge in [0.15, 0.2) is 0 Å². The quantitative estimate of drug-likeness (QED) is 0.737. The number of alkyl halides is 1. The first-order valence-electron chi connectivity index (χ1n) is 7.76. The van der Waals surface area contributed by atoms with Crippen LogP contribution in [0.5, 0.6) is 0 Å². The Labute approximate surface area is 138 Å². The third-order valence-corrected chi connectivity index (χ3v) is 4.17. The van der Waals surface area contributed by atoms with Crippen molar-refractivity contribution in [3.8, 4) is 11.4 Å². The number of nitrogens with zero attached hydrogens (tertiary/aromatic N) is 5. The van der Waals surface area contributed by atoms with E-state index >= 15 is 4.39 Å². The van der Waals surface area contributed by atoms with Gasteiger partial charge < -0.3 is 9.42 Å². The van der Waals surface area contributed by atoms with Gasteiger partial charge in [-0.05, 0) is 6.92 Å². The lowest BCUT2D eigenvalue weighted by Crippen LogP contribution is -2.28. The summed E-state index contributed by atoms with van der Waals surface area (Å²) in [6.45, 7) is 2.56. The molecule has 0 N–H and O–H groups in total. The Morgan fingerprint density at radius 3 is 2.83 bits per heavy atom. The Bertz CT molecular complexity index is 853. The average molecular weight is 325 g/mol. The molecule has 0 aliphatic carbocycles. The highest BCUT2D eigenvalue weighted by Gasteiger charge is 2.45. The van der Waals surface area contributed by atoms with E-state index in [2.05, 4.69) is 20.1 Å². The fourth-order valence-electron chi connectivity index (χ4n) is 2.87. The van der Waals surface area contributed by atoms with Crippen LogP contribution in [-0.4, -0.2) is 33.2 Å². The van der Waals surface area contributed by atoms with Gasteiger partial charge in [0.2, 0.25) is 11.5 Å². The van der Waals surface area contributed by atoms with Crippen molar-refractivity contribution >= 4 is 5.82 Å². The van der Waals surface area contributed by atoms with Gasteiger partial charge in [0.1, 0.15) is 12.1 Å². The van der Waals surface area contributed by atoms with Gasteiger partial charge >= 0.3 is 0 Å². The van der Waals surface area contributed by atoms with E-state index < -0.39 is 5.67 Å². The Hall–Kier alpha value is -2.83. The molecule has 1 saturated heterocycles. The second-order valence-corrected chi connectivity index (χ2v) is 5.94. The number of halogens is 1. The maximum Gasteiger partial charge on any atom is 0.266 e. The number of aromatic nitrogens is 4. The zero-order valence-electron chi connectivity index (χ0n) is 13.2. The molecule has 1 aliphatic rings. The van der Waals surface area contributed by atoms with Crippen molar-refractivity contribution in [2.24, 2.45) is 0 Å². The van der Waals surface area contributed by atoms with Gasteiger partial charge in [-0.3, -0.25) is 0 Å². The van der Waals surface area contributed by atoms with Crippen LogP contribution in [0, 0.1) is 6.92 Å². The molecule has 1 unspecified atom stereocenters. The summed E-state index contributed by atoms with van der Waals surface area (Å²) < 4.78 is 20.5. The van der Waals surface area contributed by atoms with Gasteiger partial charge in [0.25, 0.3) is 5.89 Å². The predicted molar refractivity (Wildman–Crippen MR) is 86.1 cm³/mol. The van der Waals surface area contributed by atoms with Crippen molar-refractivity contribution in [3.63, 3.8) is 0 Å². The first-order chi connectivity index (χ1) is 11.6. The van der Waals surface area contributed by atoms with E-state index in [1.54, 1.807) is 0 Å². The maximum atomic E-state index is 15.3. The lowest BCUT2D eigenvalue weighted by atomic mass is 10.1. The summed E-state index contributed by atoms with van der Waals surface area (Å²) in [4.78, 5) is 14.4. The van der Waals surface area contributed by atoms with E-state index in [4.69, 9.17) is 4.52 Å². The van der Waals surface area contributed by atoms with Crippen LogP contribution in [-0.2, 0) is 5.67 Å². The highest BCUT2D eigenvalue weighted by molar-refractivity contribution is 5.53. The topological polar surface area (TPSA) is 67.9 Å². The number of benzene rings is 1. The smallest absolute Gasteiger partial charge is 0.266 e. The summed E-state index contributed by atoms with van der Waals surface area (Å²) in [6, 6.07) is 11.2. The van der Waals surface area contributed by atoms with Crippen LogP contribution in [0.25, 0.3) is 11.4 Å². The lowest BCUT2D eigenvalue weighted by molar-refractivity contribution is 0.136. The Morgan fingerprint density at radius 1 is 1.21 bits per heavy atom. The summed E-state index contributed by atoms with van der Waals surface area (Å²) in [6.07, 6.45) is 1.77. The number of hydrogen-bond acceptors (Lipinski definition) is 6. The molecular formula is C17H16FN5O. The van der Waals surface area contributed by atoms with Crippen LogP contribution < -0.4 is 4.90 Å². The predicted octanol–water partition coefficient (Wildman–Crippen LogP) is 2.91. The van der Waals surface area contributed by atoms with Gasteiger partial charge in [0, 0.05) is 30.3 Å². The molecule has 6 nitrogen and oxygen atoms in total. The fraction of sp³-hybridized carbons (Fsp3) is 0.294. The fourth-order valence-corrected chi connectivity index (χ4v) is 2.87. The van der Waals surface area contributed by atoms with Crippen molar-refractivity contribution in [3.05, 3.63) is 54.3 Å². The van der Waals surface area contributed by atoms with Crippen LogP contribution in [0.4, 0.5) is 10.2 Å². The van der Waals surface area contributed by atoms with Gasteiger partial charge in [-0.25, -0.2) is 14.4 Å². The Morgan fingerprint density at radius 2 is 2.04 bits per heavy atom. The molecule has 1 aliphatic heterocycles. The first-order valence-corrected chi connectivity index (χ1v) is 7.76. The average Bonchev–Trinajstić information content (AvgIpc) is 3.24. The van der Waals surface area contributed by atoms with Gasteiger partial charge in [-0.2, -0.15) is 4.98 Å². The van der Waals surface area contributed by atoms with Gasteiger partial charge in [0.05, 0.1) is 6.54 Å². The molecule has 1 atom stereocenters. The van der Waals surface area contributed by atoms with Crippen LogP contribution in [0.15, 0.2) is 47.2 Å². The molecule has 1 aromatic carbocycles. The summed E-state index contributed by atoms with van der Waals surface area (Å²) in [7, 11) is 0. The molecule has 0 spiro atoms. The van der Waals surface area contributed by atoms with Crippen molar-refractivity contribution in [2.45, 2.75) is 19.0 Å². The summed E-state index contributed by atoms with van der Waals surface area (Å²) >= 11 is 0. The minimum atomic E-state index is -1.67. The number of aryl methyl sites for hydroxylation is 1. The monoisotopic (exact) mass is 325 g/mol. The summed E-state index contributed by atoms with van der Waals surface area (Å²) in [5.41, 5.74) is -0.0169. The highest BCUT2D eigenvalue weighted by atomic mass is 19.1. The number of hydrogen-bond donors (Lipinski definition) is 0. The molecule has 2 aromatic heterocycles. The van der Waals surface area contributed by atoms with Gasteiger partial charge in [-0.15, -0.1) is 0 Å². The first kappa shape index (κ1) is 14.7. The molecule has 1 fully saturated rings. The molecule has 0 amide bonds. The second kappa shape index (κ2) is 5.67. The van der Waals surface area contributed by atoms with Crippen LogP contribution in [0.3, 0.4) is 0 Å². The minimum Gasteiger partial charge on any atom is -0.353 e. The highest BCUT2D eigenvalue weighted by Crippen LogP contribution is 2.37. The van der Waals surface area contributed by atoms with Crippen LogP contribution >= 0.6 is 0 Å². The largest absolute Gasteiger partial charge is 0.353 e. The van der Waals surface area contributed by atoms with E-state index in [9.17, 15) is 0 Å². The standard InChI is InChI=1S/C17H16FN5O/c1-12-9-14(20-11-19-12)23-8-7-17(18,10-23)16-21-15(22-24-16)13-5-3-2-4-6-13/h2-6,9,11H,7-8,10H2,1H3. The van der Waals surface area contributed by atoms with Crippen LogP contribution in [0.2, 0.25) is 0 Å². The minimum absolute atomic E-state index is 0.0228. The molecular weight excluding hydrogens is 309 g/mol. The van der Waals surface area contributed by atoms with E-state index in [1.807, 2.05) is 48.2 Å². The summed E-state index contributed by atoms with van der Waals surface area (Å²) in [5, 5.41) is 3.92. The molecule has 3 aromatic rings. The third kappa shape index (κ3) is 2.62. The normalized spacial score (nSPS) is 20.5. The Kier molecular flexibility index (Phi) is 3.48. The molecule has 7 heteroatoms. The van der Waals surface area contributed by atoms with Crippen molar-refractivity contribution in [1.29, 1.82) is 0 Å². The van der Waals surface area contributed by atoms with Crippen molar-refractivity contribution in [1.82, 2.24) is 20.1 Å². The van der Waals surface area contributed by atoms with E-state index in [-0.39, 0.29) is 18.9 Å². The number of anilines is 1. The van der Waals surface area contributed by atoms with Crippen LogP contribution in [0.1, 0.15) is 18.0 Å². The van der Waals surface area contributed by atoms with E-state index in [0.717, 1.165) is 11.3 Å². The zero-order chi connectivity index (χ0) is 16.6. The molecule has 3 heterocycles. The zero-order valence-corrected chi connectivity index (χ0v) is 13.2. The number of rotatable bonds is 3. The lowest BCUT2D eigenvalue weighted by Gasteiger charge is -2.18. The van der Waals surface area contributed by atoms with Gasteiger partial charge in [-0.1, -0.05) is 35.5 Å². The third-order valence-electron chi connectivity index (χ3n) is 4.17. The molecule has 0 saturated carbocycles.